The summed E-state index contributed by atoms with van der Waals surface area (Å²) in [6, 6.07) is 9.30. The molecule has 22 heavy (non-hydrogen) atoms. The maximum absolute atomic E-state index is 12.0. The van der Waals surface area contributed by atoms with Crippen LogP contribution in [0.3, 0.4) is 0 Å². The fourth-order valence-electron chi connectivity index (χ4n) is 3.16. The number of nitrogens with one attached hydrogen (secondary N) is 1. The van der Waals surface area contributed by atoms with Gasteiger partial charge in [-0.25, -0.2) is 9.59 Å². The SMILES string of the molecule is CC1(C)CCCC(NC(=O)OCc2ccccc2)(C(=O)O)C1. The number of benzene rings is 1. The van der Waals surface area contributed by atoms with E-state index in [1.807, 2.05) is 44.2 Å². The maximum atomic E-state index is 12.0. The van der Waals surface area contributed by atoms with Crippen LogP contribution < -0.4 is 5.32 Å². The van der Waals surface area contributed by atoms with E-state index < -0.39 is 17.6 Å². The van der Waals surface area contributed by atoms with Crippen molar-refractivity contribution in [2.75, 3.05) is 0 Å². The average Bonchev–Trinajstić information content (AvgIpc) is 2.45. The van der Waals surface area contributed by atoms with Crippen LogP contribution >= 0.6 is 0 Å². The number of hydrogen-bond acceptors (Lipinski definition) is 3. The van der Waals surface area contributed by atoms with Crippen LogP contribution in [0, 0.1) is 5.41 Å². The first-order valence-electron chi connectivity index (χ1n) is 7.55. The summed E-state index contributed by atoms with van der Waals surface area (Å²) in [4.78, 5) is 23.7. The van der Waals surface area contributed by atoms with E-state index in [1.54, 1.807) is 0 Å². The highest BCUT2D eigenvalue weighted by molar-refractivity contribution is 5.84. The molecule has 1 aliphatic carbocycles. The van der Waals surface area contributed by atoms with E-state index in [4.69, 9.17) is 4.74 Å². The molecule has 1 amide bonds. The zero-order valence-corrected chi connectivity index (χ0v) is 13.1. The van der Waals surface area contributed by atoms with Gasteiger partial charge in [-0.1, -0.05) is 44.2 Å². The standard InChI is InChI=1S/C17H23NO4/c1-16(2)9-6-10-17(12-16,14(19)20)18-15(21)22-11-13-7-4-3-5-8-13/h3-5,7-8H,6,9-12H2,1-2H3,(H,18,21)(H,19,20). The fraction of sp³-hybridized carbons (Fsp3) is 0.529. The number of aliphatic carboxylic acids is 1. The molecule has 0 saturated heterocycles. The Morgan fingerprint density at radius 1 is 1.23 bits per heavy atom. The van der Waals surface area contributed by atoms with E-state index in [9.17, 15) is 14.7 Å². The minimum atomic E-state index is -1.23. The molecule has 2 N–H and O–H groups in total. The van der Waals surface area contributed by atoms with Crippen molar-refractivity contribution in [2.24, 2.45) is 5.41 Å². The van der Waals surface area contributed by atoms with Crippen LogP contribution in [0.5, 0.6) is 0 Å². The number of ether oxygens (including phenoxy) is 1. The molecule has 1 atom stereocenters. The molecule has 1 aromatic carbocycles. The monoisotopic (exact) mass is 305 g/mol. The molecule has 5 heteroatoms. The average molecular weight is 305 g/mol. The van der Waals surface area contributed by atoms with Gasteiger partial charge in [0.2, 0.25) is 0 Å². The van der Waals surface area contributed by atoms with Gasteiger partial charge in [0, 0.05) is 0 Å². The third-order valence-electron chi connectivity index (χ3n) is 4.20. The Hall–Kier alpha value is -2.04. The number of hydrogen-bond donors (Lipinski definition) is 2. The summed E-state index contributed by atoms with van der Waals surface area (Å²) in [6.45, 7) is 4.19. The lowest BCUT2D eigenvalue weighted by Crippen LogP contribution is -2.58. The highest BCUT2D eigenvalue weighted by Gasteiger charge is 2.47. The van der Waals surface area contributed by atoms with E-state index in [0.29, 0.717) is 12.8 Å². The second-order valence-corrected chi connectivity index (χ2v) is 6.77. The number of rotatable bonds is 4. The van der Waals surface area contributed by atoms with Crippen LogP contribution in [0.2, 0.25) is 0 Å². The van der Waals surface area contributed by atoms with E-state index in [-0.39, 0.29) is 12.0 Å². The molecule has 2 rings (SSSR count). The van der Waals surface area contributed by atoms with E-state index >= 15 is 0 Å². The summed E-state index contributed by atoms with van der Waals surface area (Å²) in [7, 11) is 0. The Labute approximate surface area is 130 Å². The molecule has 1 unspecified atom stereocenters. The van der Waals surface area contributed by atoms with Gasteiger partial charge in [-0.05, 0) is 36.7 Å². The van der Waals surface area contributed by atoms with Crippen LogP contribution in [0.25, 0.3) is 0 Å². The minimum absolute atomic E-state index is 0.108. The smallest absolute Gasteiger partial charge is 0.408 e. The molecule has 0 aromatic heterocycles. The molecular weight excluding hydrogens is 282 g/mol. The second-order valence-electron chi connectivity index (χ2n) is 6.77. The van der Waals surface area contributed by atoms with E-state index in [1.165, 1.54) is 0 Å². The van der Waals surface area contributed by atoms with Crippen molar-refractivity contribution in [3.8, 4) is 0 Å². The summed E-state index contributed by atoms with van der Waals surface area (Å²) in [5.74, 6) is -0.989. The number of carbonyl (C=O) groups excluding carboxylic acids is 1. The molecule has 1 aliphatic rings. The predicted octanol–water partition coefficient (Wildman–Crippen LogP) is 3.34. The molecule has 1 aromatic rings. The van der Waals surface area contributed by atoms with Gasteiger partial charge >= 0.3 is 12.1 Å². The van der Waals surface area contributed by atoms with Gasteiger partial charge in [-0.3, -0.25) is 0 Å². The van der Waals surface area contributed by atoms with Crippen molar-refractivity contribution in [3.05, 3.63) is 35.9 Å². The fourth-order valence-corrected chi connectivity index (χ4v) is 3.16. The first-order chi connectivity index (χ1) is 10.3. The summed E-state index contributed by atoms with van der Waals surface area (Å²) in [5, 5.41) is 12.2. The van der Waals surface area contributed by atoms with Gasteiger partial charge in [-0.2, -0.15) is 0 Å². The molecular formula is C17H23NO4. The summed E-state index contributed by atoms with van der Waals surface area (Å²) < 4.78 is 5.16. The topological polar surface area (TPSA) is 75.6 Å². The molecule has 0 heterocycles. The Kier molecular flexibility index (Phi) is 4.74. The molecule has 5 nitrogen and oxygen atoms in total. The van der Waals surface area contributed by atoms with Crippen LogP contribution in [-0.4, -0.2) is 22.7 Å². The van der Waals surface area contributed by atoms with Crippen molar-refractivity contribution < 1.29 is 19.4 Å². The number of carbonyl (C=O) groups is 2. The van der Waals surface area contributed by atoms with Crippen molar-refractivity contribution in [1.82, 2.24) is 5.32 Å². The Morgan fingerprint density at radius 3 is 2.50 bits per heavy atom. The summed E-state index contributed by atoms with van der Waals surface area (Å²) in [5.41, 5.74) is -0.468. The zero-order chi connectivity index (χ0) is 16.2. The predicted molar refractivity (Wildman–Crippen MR) is 82.4 cm³/mol. The number of alkyl carbamates (subject to hydrolysis) is 1. The molecule has 0 spiro atoms. The van der Waals surface area contributed by atoms with Crippen molar-refractivity contribution in [1.29, 1.82) is 0 Å². The molecule has 1 saturated carbocycles. The first kappa shape index (κ1) is 16.3. The lowest BCUT2D eigenvalue weighted by Gasteiger charge is -2.42. The highest BCUT2D eigenvalue weighted by atomic mass is 16.5. The van der Waals surface area contributed by atoms with Gasteiger partial charge in [-0.15, -0.1) is 0 Å². The molecule has 120 valence electrons. The Bertz CT molecular complexity index is 541. The van der Waals surface area contributed by atoms with Crippen LogP contribution in [0.15, 0.2) is 30.3 Å². The van der Waals surface area contributed by atoms with Gasteiger partial charge in [0.1, 0.15) is 12.1 Å². The summed E-state index contributed by atoms with van der Waals surface area (Å²) >= 11 is 0. The normalized spacial score (nSPS) is 23.5. The zero-order valence-electron chi connectivity index (χ0n) is 13.1. The van der Waals surface area contributed by atoms with Gasteiger partial charge in [0.05, 0.1) is 0 Å². The molecule has 0 aliphatic heterocycles. The second kappa shape index (κ2) is 6.38. The Morgan fingerprint density at radius 2 is 1.91 bits per heavy atom. The van der Waals surface area contributed by atoms with Gasteiger partial charge in [0.25, 0.3) is 0 Å². The Balaban J connectivity index is 1.99. The van der Waals surface area contributed by atoms with Gasteiger partial charge in [0.15, 0.2) is 0 Å². The van der Waals surface area contributed by atoms with Gasteiger partial charge < -0.3 is 15.2 Å². The van der Waals surface area contributed by atoms with E-state index in [0.717, 1.165) is 18.4 Å². The number of carboxylic acids is 1. The maximum Gasteiger partial charge on any atom is 0.408 e. The minimum Gasteiger partial charge on any atom is -0.480 e. The number of carboxylic acid groups (broad SMARTS) is 1. The van der Waals surface area contributed by atoms with Crippen molar-refractivity contribution >= 4 is 12.1 Å². The van der Waals surface area contributed by atoms with Crippen LogP contribution in [0.4, 0.5) is 4.79 Å². The highest BCUT2D eigenvalue weighted by Crippen LogP contribution is 2.41. The summed E-state index contributed by atoms with van der Waals surface area (Å²) in [6.07, 6.45) is 1.91. The first-order valence-corrected chi connectivity index (χ1v) is 7.55. The van der Waals surface area contributed by atoms with Crippen molar-refractivity contribution in [3.63, 3.8) is 0 Å². The molecule has 0 radical (unpaired) electrons. The van der Waals surface area contributed by atoms with E-state index in [2.05, 4.69) is 5.32 Å². The largest absolute Gasteiger partial charge is 0.480 e. The van der Waals surface area contributed by atoms with Crippen molar-refractivity contribution in [2.45, 2.75) is 51.7 Å². The van der Waals surface area contributed by atoms with Crippen LogP contribution in [0.1, 0.15) is 45.1 Å². The third kappa shape index (κ3) is 4.00. The lowest BCUT2D eigenvalue weighted by atomic mass is 9.68. The molecule has 0 bridgehead atoms. The molecule has 1 fully saturated rings. The van der Waals surface area contributed by atoms with Crippen LogP contribution in [-0.2, 0) is 16.1 Å². The quantitative estimate of drug-likeness (QED) is 0.894. The number of amides is 1. The third-order valence-corrected chi connectivity index (χ3v) is 4.20. The lowest BCUT2D eigenvalue weighted by molar-refractivity contribution is -0.148.